The van der Waals surface area contributed by atoms with E-state index in [1.54, 1.807) is 28.2 Å². The Morgan fingerprint density at radius 3 is 2.95 bits per heavy atom. The second kappa shape index (κ2) is 6.24. The van der Waals surface area contributed by atoms with E-state index in [0.717, 1.165) is 5.56 Å². The number of halogens is 1. The van der Waals surface area contributed by atoms with Crippen molar-refractivity contribution in [1.82, 2.24) is 19.7 Å². The zero-order valence-corrected chi connectivity index (χ0v) is 12.1. The molecule has 0 saturated carbocycles. The van der Waals surface area contributed by atoms with E-state index in [1.807, 2.05) is 12.1 Å². The van der Waals surface area contributed by atoms with Crippen LogP contribution in [0.1, 0.15) is 11.7 Å². The van der Waals surface area contributed by atoms with E-state index in [0.29, 0.717) is 24.7 Å². The number of pyridine rings is 1. The Labute approximate surface area is 127 Å². The van der Waals surface area contributed by atoms with Gasteiger partial charge in [-0.3, -0.25) is 14.5 Å². The number of carbonyl (C=O) groups is 1. The van der Waals surface area contributed by atoms with Crippen molar-refractivity contribution in [3.8, 4) is 0 Å². The minimum Gasteiger partial charge on any atom is -0.370 e. The molecule has 1 atom stereocenters. The van der Waals surface area contributed by atoms with Crippen LogP contribution in [0.25, 0.3) is 0 Å². The molecule has 21 heavy (non-hydrogen) atoms. The van der Waals surface area contributed by atoms with Gasteiger partial charge in [-0.25, -0.2) is 0 Å². The maximum absolute atomic E-state index is 12.3. The van der Waals surface area contributed by atoms with Crippen LogP contribution in [0, 0.1) is 0 Å². The minimum atomic E-state index is -0.105. The van der Waals surface area contributed by atoms with Gasteiger partial charge in [-0.15, -0.1) is 0 Å². The van der Waals surface area contributed by atoms with Gasteiger partial charge in [-0.1, -0.05) is 11.6 Å². The SMILES string of the molecule is O=C(Cn1cc(Cl)cn1)N1CCO[C@@H](c2ccncc2)C1. The summed E-state index contributed by atoms with van der Waals surface area (Å²) >= 11 is 5.80. The summed E-state index contributed by atoms with van der Waals surface area (Å²) in [5.74, 6) is 0.0112. The molecule has 6 nitrogen and oxygen atoms in total. The molecule has 0 spiro atoms. The fourth-order valence-corrected chi connectivity index (χ4v) is 2.48. The summed E-state index contributed by atoms with van der Waals surface area (Å²) in [4.78, 5) is 18.1. The fourth-order valence-electron chi connectivity index (χ4n) is 2.32. The molecule has 1 aliphatic rings. The molecular formula is C14H15ClN4O2. The van der Waals surface area contributed by atoms with Gasteiger partial charge in [0.15, 0.2) is 0 Å². The first-order chi connectivity index (χ1) is 10.2. The Kier molecular flexibility index (Phi) is 4.17. The Hall–Kier alpha value is -1.92. The van der Waals surface area contributed by atoms with Gasteiger partial charge in [0.1, 0.15) is 12.6 Å². The highest BCUT2D eigenvalue weighted by Gasteiger charge is 2.25. The Morgan fingerprint density at radius 1 is 1.43 bits per heavy atom. The average molecular weight is 307 g/mol. The summed E-state index contributed by atoms with van der Waals surface area (Å²) in [5.41, 5.74) is 1.03. The van der Waals surface area contributed by atoms with E-state index < -0.39 is 0 Å². The van der Waals surface area contributed by atoms with Crippen LogP contribution in [0.3, 0.4) is 0 Å². The van der Waals surface area contributed by atoms with E-state index in [-0.39, 0.29) is 18.6 Å². The molecule has 3 heterocycles. The molecule has 0 N–H and O–H groups in total. The van der Waals surface area contributed by atoms with Crippen molar-refractivity contribution in [2.45, 2.75) is 12.6 Å². The van der Waals surface area contributed by atoms with Crippen molar-refractivity contribution in [2.75, 3.05) is 19.7 Å². The maximum Gasteiger partial charge on any atom is 0.244 e. The number of ether oxygens (including phenoxy) is 1. The summed E-state index contributed by atoms with van der Waals surface area (Å²) in [6.07, 6.45) is 6.51. The summed E-state index contributed by atoms with van der Waals surface area (Å²) in [5, 5.41) is 4.55. The predicted octanol–water partition coefficient (Wildman–Crippen LogP) is 1.53. The van der Waals surface area contributed by atoms with Gasteiger partial charge in [0.2, 0.25) is 5.91 Å². The van der Waals surface area contributed by atoms with Crippen LogP contribution in [-0.4, -0.2) is 45.3 Å². The van der Waals surface area contributed by atoms with Crippen molar-refractivity contribution >= 4 is 17.5 Å². The van der Waals surface area contributed by atoms with Gasteiger partial charge in [0, 0.05) is 25.1 Å². The Balaban J connectivity index is 1.64. The zero-order chi connectivity index (χ0) is 14.7. The van der Waals surface area contributed by atoms with E-state index in [4.69, 9.17) is 16.3 Å². The lowest BCUT2D eigenvalue weighted by Crippen LogP contribution is -2.43. The number of aromatic nitrogens is 3. The van der Waals surface area contributed by atoms with Crippen LogP contribution in [0.15, 0.2) is 36.9 Å². The third-order valence-corrected chi connectivity index (χ3v) is 3.59. The molecule has 1 fully saturated rings. The molecule has 1 amide bonds. The van der Waals surface area contributed by atoms with Gasteiger partial charge in [-0.05, 0) is 17.7 Å². The molecule has 110 valence electrons. The summed E-state index contributed by atoms with van der Waals surface area (Å²) in [7, 11) is 0. The second-order valence-electron chi connectivity index (χ2n) is 4.84. The molecule has 2 aromatic heterocycles. The highest BCUT2D eigenvalue weighted by Crippen LogP contribution is 2.21. The smallest absolute Gasteiger partial charge is 0.244 e. The van der Waals surface area contributed by atoms with Crippen LogP contribution in [0.4, 0.5) is 0 Å². The summed E-state index contributed by atoms with van der Waals surface area (Å²) in [6.45, 7) is 1.85. The van der Waals surface area contributed by atoms with Gasteiger partial charge >= 0.3 is 0 Å². The number of morpholine rings is 1. The van der Waals surface area contributed by atoms with Gasteiger partial charge < -0.3 is 9.64 Å². The van der Waals surface area contributed by atoms with Crippen LogP contribution < -0.4 is 0 Å². The lowest BCUT2D eigenvalue weighted by Gasteiger charge is -2.33. The second-order valence-corrected chi connectivity index (χ2v) is 5.27. The molecule has 0 unspecified atom stereocenters. The predicted molar refractivity (Wildman–Crippen MR) is 76.7 cm³/mol. The maximum atomic E-state index is 12.3. The Bertz CT molecular complexity index is 616. The van der Waals surface area contributed by atoms with Crippen LogP contribution in [0.2, 0.25) is 5.02 Å². The van der Waals surface area contributed by atoms with Crippen molar-refractivity contribution in [1.29, 1.82) is 0 Å². The standard InChI is InChI=1S/C14H15ClN4O2/c15-12-7-17-19(8-12)10-14(20)18-5-6-21-13(9-18)11-1-3-16-4-2-11/h1-4,7-8,13H,5-6,9-10H2/t13-/m1/s1. The molecule has 2 aromatic rings. The minimum absolute atomic E-state index is 0.0112. The molecule has 0 radical (unpaired) electrons. The van der Waals surface area contributed by atoms with Gasteiger partial charge in [0.25, 0.3) is 0 Å². The van der Waals surface area contributed by atoms with E-state index >= 15 is 0 Å². The number of hydrogen-bond donors (Lipinski definition) is 0. The molecule has 3 rings (SSSR count). The molecule has 1 saturated heterocycles. The molecule has 7 heteroatoms. The summed E-state index contributed by atoms with van der Waals surface area (Å²) < 4.78 is 7.28. The van der Waals surface area contributed by atoms with Crippen molar-refractivity contribution in [3.63, 3.8) is 0 Å². The third kappa shape index (κ3) is 3.40. The highest BCUT2D eigenvalue weighted by atomic mass is 35.5. The molecular weight excluding hydrogens is 292 g/mol. The first-order valence-electron chi connectivity index (χ1n) is 6.69. The van der Waals surface area contributed by atoms with Crippen molar-refractivity contribution < 1.29 is 9.53 Å². The number of nitrogens with zero attached hydrogens (tertiary/aromatic N) is 4. The molecule has 0 aliphatic carbocycles. The Morgan fingerprint density at radius 2 is 2.24 bits per heavy atom. The number of hydrogen-bond acceptors (Lipinski definition) is 4. The monoisotopic (exact) mass is 306 g/mol. The zero-order valence-electron chi connectivity index (χ0n) is 11.4. The number of rotatable bonds is 3. The quantitative estimate of drug-likeness (QED) is 0.863. The van der Waals surface area contributed by atoms with E-state index in [1.165, 1.54) is 6.20 Å². The first kappa shape index (κ1) is 14.0. The van der Waals surface area contributed by atoms with Crippen molar-refractivity contribution in [3.05, 3.63) is 47.5 Å². The van der Waals surface area contributed by atoms with Crippen LogP contribution in [0.5, 0.6) is 0 Å². The normalized spacial score (nSPS) is 18.7. The molecule has 1 aliphatic heterocycles. The molecule has 0 bridgehead atoms. The topological polar surface area (TPSA) is 60.2 Å². The van der Waals surface area contributed by atoms with Crippen molar-refractivity contribution in [2.24, 2.45) is 0 Å². The molecule has 0 aromatic carbocycles. The van der Waals surface area contributed by atoms with E-state index in [9.17, 15) is 4.79 Å². The number of carbonyl (C=O) groups excluding carboxylic acids is 1. The van der Waals surface area contributed by atoms with Crippen LogP contribution >= 0.6 is 11.6 Å². The lowest BCUT2D eigenvalue weighted by atomic mass is 10.1. The largest absolute Gasteiger partial charge is 0.370 e. The lowest BCUT2D eigenvalue weighted by molar-refractivity contribution is -0.139. The van der Waals surface area contributed by atoms with E-state index in [2.05, 4.69) is 10.1 Å². The third-order valence-electron chi connectivity index (χ3n) is 3.40. The average Bonchev–Trinajstić information content (AvgIpc) is 2.93. The highest BCUT2D eigenvalue weighted by molar-refractivity contribution is 6.30. The summed E-state index contributed by atoms with van der Waals surface area (Å²) in [6, 6.07) is 3.82. The number of amides is 1. The van der Waals surface area contributed by atoms with Crippen LogP contribution in [-0.2, 0) is 16.1 Å². The fraction of sp³-hybridized carbons (Fsp3) is 0.357. The van der Waals surface area contributed by atoms with Gasteiger partial charge in [-0.2, -0.15) is 5.10 Å². The van der Waals surface area contributed by atoms with Gasteiger partial charge in [0.05, 0.1) is 24.4 Å². The first-order valence-corrected chi connectivity index (χ1v) is 7.07.